The second kappa shape index (κ2) is 6.49. The van der Waals surface area contributed by atoms with Gasteiger partial charge in [0, 0.05) is 17.0 Å². The third kappa shape index (κ3) is 3.57. The first-order chi connectivity index (χ1) is 11.5. The summed E-state index contributed by atoms with van der Waals surface area (Å²) in [5.74, 6) is -0.234. The topological polar surface area (TPSA) is 118 Å². The summed E-state index contributed by atoms with van der Waals surface area (Å²) in [6.45, 7) is 3.56. The van der Waals surface area contributed by atoms with Crippen LogP contribution in [-0.2, 0) is 16.1 Å². The Labute approximate surface area is 137 Å². The molecule has 0 aliphatic carbocycles. The zero-order chi connectivity index (χ0) is 17.1. The lowest BCUT2D eigenvalue weighted by Crippen LogP contribution is -2.19. The van der Waals surface area contributed by atoms with Gasteiger partial charge in [0.05, 0.1) is 17.9 Å². The van der Waals surface area contributed by atoms with E-state index in [-0.39, 0.29) is 24.3 Å². The highest BCUT2D eigenvalue weighted by molar-refractivity contribution is 5.93. The SMILES string of the molecule is CC(C)C(=O)Nc1cn(CC(=O)Nc2ccc3[nH]ncc3c2)nn1. The maximum absolute atomic E-state index is 12.1. The van der Waals surface area contributed by atoms with Crippen molar-refractivity contribution in [2.75, 3.05) is 10.6 Å². The van der Waals surface area contributed by atoms with Gasteiger partial charge in [-0.3, -0.25) is 14.7 Å². The minimum absolute atomic E-state index is 0.00598. The average molecular weight is 327 g/mol. The van der Waals surface area contributed by atoms with E-state index in [0.717, 1.165) is 10.9 Å². The number of aromatic nitrogens is 5. The molecule has 0 fully saturated rings. The summed E-state index contributed by atoms with van der Waals surface area (Å²) in [6.07, 6.45) is 3.20. The van der Waals surface area contributed by atoms with Crippen LogP contribution in [0, 0.1) is 5.92 Å². The van der Waals surface area contributed by atoms with Crippen LogP contribution in [0.15, 0.2) is 30.6 Å². The molecule has 0 unspecified atom stereocenters. The van der Waals surface area contributed by atoms with Crippen molar-refractivity contribution in [3.05, 3.63) is 30.6 Å². The standard InChI is InChI=1S/C15H17N7O2/c1-9(2)15(24)18-13-7-22(21-20-13)8-14(23)17-11-3-4-12-10(5-11)6-16-19-12/h3-7,9H,8H2,1-2H3,(H,16,19)(H,17,23)(H,18,24). The quantitative estimate of drug-likeness (QED) is 0.654. The van der Waals surface area contributed by atoms with E-state index < -0.39 is 0 Å². The molecule has 124 valence electrons. The summed E-state index contributed by atoms with van der Waals surface area (Å²) in [4.78, 5) is 23.7. The molecular formula is C15H17N7O2. The number of nitrogens with one attached hydrogen (secondary N) is 3. The number of nitrogens with zero attached hydrogens (tertiary/aromatic N) is 4. The Morgan fingerprint density at radius 1 is 1.29 bits per heavy atom. The smallest absolute Gasteiger partial charge is 0.246 e. The fraction of sp³-hybridized carbons (Fsp3) is 0.267. The summed E-state index contributed by atoms with van der Waals surface area (Å²) < 4.78 is 1.36. The van der Waals surface area contributed by atoms with Crippen molar-refractivity contribution in [2.45, 2.75) is 20.4 Å². The van der Waals surface area contributed by atoms with Gasteiger partial charge in [-0.15, -0.1) is 5.10 Å². The number of hydrogen-bond acceptors (Lipinski definition) is 5. The van der Waals surface area contributed by atoms with Crippen LogP contribution in [0.4, 0.5) is 11.5 Å². The lowest BCUT2D eigenvalue weighted by molar-refractivity contribution is -0.119. The van der Waals surface area contributed by atoms with E-state index in [1.54, 1.807) is 26.1 Å². The zero-order valence-electron chi connectivity index (χ0n) is 13.3. The van der Waals surface area contributed by atoms with Gasteiger partial charge in [-0.05, 0) is 18.2 Å². The van der Waals surface area contributed by atoms with Crippen LogP contribution in [0.25, 0.3) is 10.9 Å². The molecule has 2 aromatic heterocycles. The van der Waals surface area contributed by atoms with Crippen molar-refractivity contribution >= 4 is 34.2 Å². The van der Waals surface area contributed by atoms with Gasteiger partial charge in [0.25, 0.3) is 0 Å². The number of hydrogen-bond donors (Lipinski definition) is 3. The molecule has 0 saturated carbocycles. The predicted octanol–water partition coefficient (Wildman–Crippen LogP) is 1.39. The van der Waals surface area contributed by atoms with Crippen LogP contribution >= 0.6 is 0 Å². The molecule has 0 atom stereocenters. The van der Waals surface area contributed by atoms with Gasteiger partial charge in [0.1, 0.15) is 6.54 Å². The number of fused-ring (bicyclic) bond motifs is 1. The number of H-pyrrole nitrogens is 1. The molecule has 3 rings (SSSR count). The number of carbonyl (C=O) groups is 2. The number of amides is 2. The second-order valence-corrected chi connectivity index (χ2v) is 5.67. The van der Waals surface area contributed by atoms with Crippen LogP contribution in [0.3, 0.4) is 0 Å². The molecule has 0 aliphatic rings. The Morgan fingerprint density at radius 2 is 2.12 bits per heavy atom. The first kappa shape index (κ1) is 15.7. The Hall–Kier alpha value is -3.23. The maximum Gasteiger partial charge on any atom is 0.246 e. The van der Waals surface area contributed by atoms with Crippen molar-refractivity contribution in [3.63, 3.8) is 0 Å². The lowest BCUT2D eigenvalue weighted by Gasteiger charge is -2.05. The van der Waals surface area contributed by atoms with Gasteiger partial charge in [-0.25, -0.2) is 4.68 Å². The third-order valence-electron chi connectivity index (χ3n) is 3.34. The molecule has 9 heteroatoms. The Balaban J connectivity index is 1.60. The van der Waals surface area contributed by atoms with E-state index >= 15 is 0 Å². The van der Waals surface area contributed by atoms with E-state index in [2.05, 4.69) is 31.1 Å². The van der Waals surface area contributed by atoms with E-state index in [4.69, 9.17) is 0 Å². The lowest BCUT2D eigenvalue weighted by atomic mass is 10.2. The van der Waals surface area contributed by atoms with E-state index in [9.17, 15) is 9.59 Å². The summed E-state index contributed by atoms with van der Waals surface area (Å²) in [5, 5.41) is 20.7. The Bertz CT molecular complexity index is 881. The first-order valence-corrected chi connectivity index (χ1v) is 7.45. The van der Waals surface area contributed by atoms with Gasteiger partial charge in [-0.1, -0.05) is 19.1 Å². The molecule has 1 aromatic carbocycles. The minimum atomic E-state index is -0.246. The largest absolute Gasteiger partial charge is 0.324 e. The fourth-order valence-corrected chi connectivity index (χ4v) is 2.07. The molecule has 3 aromatic rings. The van der Waals surface area contributed by atoms with Gasteiger partial charge in [0.15, 0.2) is 5.82 Å². The summed E-state index contributed by atoms with van der Waals surface area (Å²) in [6, 6.07) is 5.45. The molecule has 0 spiro atoms. The maximum atomic E-state index is 12.1. The monoisotopic (exact) mass is 327 g/mol. The molecule has 0 saturated heterocycles. The van der Waals surface area contributed by atoms with Crippen LogP contribution in [-0.4, -0.2) is 37.0 Å². The van der Waals surface area contributed by atoms with E-state index in [1.165, 1.54) is 10.9 Å². The molecule has 24 heavy (non-hydrogen) atoms. The Kier molecular flexibility index (Phi) is 4.23. The molecule has 9 nitrogen and oxygen atoms in total. The van der Waals surface area contributed by atoms with Crippen molar-refractivity contribution in [2.24, 2.45) is 5.92 Å². The molecule has 0 aliphatic heterocycles. The number of carbonyl (C=O) groups excluding carboxylic acids is 2. The van der Waals surface area contributed by atoms with Crippen molar-refractivity contribution in [1.29, 1.82) is 0 Å². The molecule has 2 amide bonds. The normalized spacial score (nSPS) is 11.0. The fourth-order valence-electron chi connectivity index (χ4n) is 2.07. The summed E-state index contributed by atoms with van der Waals surface area (Å²) in [5.41, 5.74) is 1.57. The van der Waals surface area contributed by atoms with Crippen LogP contribution in [0.2, 0.25) is 0 Å². The third-order valence-corrected chi connectivity index (χ3v) is 3.34. The number of anilines is 2. The zero-order valence-corrected chi connectivity index (χ0v) is 13.3. The van der Waals surface area contributed by atoms with Crippen molar-refractivity contribution < 1.29 is 9.59 Å². The molecular weight excluding hydrogens is 310 g/mol. The predicted molar refractivity (Wildman–Crippen MR) is 88.2 cm³/mol. The highest BCUT2D eigenvalue weighted by Gasteiger charge is 2.11. The highest BCUT2D eigenvalue weighted by atomic mass is 16.2. The molecule has 3 N–H and O–H groups in total. The average Bonchev–Trinajstić information content (AvgIpc) is 3.15. The van der Waals surface area contributed by atoms with Gasteiger partial charge < -0.3 is 10.6 Å². The minimum Gasteiger partial charge on any atom is -0.324 e. The van der Waals surface area contributed by atoms with Gasteiger partial charge in [0.2, 0.25) is 11.8 Å². The van der Waals surface area contributed by atoms with Gasteiger partial charge in [-0.2, -0.15) is 5.10 Å². The summed E-state index contributed by atoms with van der Waals surface area (Å²) in [7, 11) is 0. The summed E-state index contributed by atoms with van der Waals surface area (Å²) >= 11 is 0. The second-order valence-electron chi connectivity index (χ2n) is 5.67. The first-order valence-electron chi connectivity index (χ1n) is 7.45. The number of rotatable bonds is 5. The van der Waals surface area contributed by atoms with Gasteiger partial charge >= 0.3 is 0 Å². The van der Waals surface area contributed by atoms with Crippen molar-refractivity contribution in [3.8, 4) is 0 Å². The number of benzene rings is 1. The van der Waals surface area contributed by atoms with Crippen LogP contribution in [0.1, 0.15) is 13.8 Å². The highest BCUT2D eigenvalue weighted by Crippen LogP contribution is 2.16. The Morgan fingerprint density at radius 3 is 2.92 bits per heavy atom. The number of aromatic amines is 1. The molecule has 0 bridgehead atoms. The van der Waals surface area contributed by atoms with Crippen LogP contribution in [0.5, 0.6) is 0 Å². The molecule has 2 heterocycles. The van der Waals surface area contributed by atoms with E-state index in [0.29, 0.717) is 11.5 Å². The van der Waals surface area contributed by atoms with E-state index in [1.807, 2.05) is 12.1 Å². The molecule has 0 radical (unpaired) electrons. The van der Waals surface area contributed by atoms with Crippen LogP contribution < -0.4 is 10.6 Å². The van der Waals surface area contributed by atoms with Crippen molar-refractivity contribution in [1.82, 2.24) is 25.2 Å².